The summed E-state index contributed by atoms with van der Waals surface area (Å²) in [6.45, 7) is 1.18. The highest BCUT2D eigenvalue weighted by atomic mass is 16.2. The van der Waals surface area contributed by atoms with E-state index < -0.39 is 0 Å². The molecule has 1 saturated heterocycles. The van der Waals surface area contributed by atoms with Crippen LogP contribution in [0.25, 0.3) is 22.3 Å². The summed E-state index contributed by atoms with van der Waals surface area (Å²) < 4.78 is 1.97. The number of nitrogens with one attached hydrogen (secondary N) is 2. The molecule has 0 spiro atoms. The average Bonchev–Trinajstić information content (AvgIpc) is 3.45. The van der Waals surface area contributed by atoms with Gasteiger partial charge in [-0.15, -0.1) is 0 Å². The molecule has 0 saturated carbocycles. The highest BCUT2D eigenvalue weighted by molar-refractivity contribution is 6.06. The van der Waals surface area contributed by atoms with E-state index in [4.69, 9.17) is 4.98 Å². The Kier molecular flexibility index (Phi) is 4.98. The van der Waals surface area contributed by atoms with Crippen LogP contribution in [0.2, 0.25) is 0 Å². The summed E-state index contributed by atoms with van der Waals surface area (Å²) in [5.74, 6) is 0.842. The minimum Gasteiger partial charge on any atom is -0.348 e. The molecule has 2 amide bonds. The molecule has 176 valence electrons. The first kappa shape index (κ1) is 21.3. The van der Waals surface area contributed by atoms with Gasteiger partial charge in [0.15, 0.2) is 0 Å². The van der Waals surface area contributed by atoms with Gasteiger partial charge in [0, 0.05) is 68.7 Å². The first-order chi connectivity index (χ1) is 17.0. The van der Waals surface area contributed by atoms with Crippen LogP contribution in [-0.4, -0.2) is 49.8 Å². The molecule has 0 aromatic carbocycles. The zero-order valence-corrected chi connectivity index (χ0v) is 19.6. The number of likely N-dealkylation sites (tertiary alicyclic amines) is 1. The smallest absolute Gasteiger partial charge is 0.254 e. The molecule has 9 nitrogen and oxygen atoms in total. The predicted molar refractivity (Wildman–Crippen MR) is 132 cm³/mol. The molecular formula is C26H25N7O2. The van der Waals surface area contributed by atoms with E-state index in [1.165, 1.54) is 0 Å². The number of aryl methyl sites for hydroxylation is 1. The van der Waals surface area contributed by atoms with E-state index in [1.54, 1.807) is 17.3 Å². The highest BCUT2D eigenvalue weighted by Gasteiger charge is 2.28. The lowest BCUT2D eigenvalue weighted by atomic mass is 9.90. The number of hydrogen-bond donors (Lipinski definition) is 2. The SMILES string of the molecule is CN1CC[C@H](c2ccc(Nc3cnc(-c4ccnc5c4ccn5C)c4c3C(=O)NC4)nc2)CC1=O. The quantitative estimate of drug-likeness (QED) is 0.477. The second-order valence-electron chi connectivity index (χ2n) is 9.19. The van der Waals surface area contributed by atoms with Crippen molar-refractivity contribution in [3.8, 4) is 11.3 Å². The van der Waals surface area contributed by atoms with Gasteiger partial charge in [0.2, 0.25) is 5.91 Å². The molecule has 6 heterocycles. The lowest BCUT2D eigenvalue weighted by Gasteiger charge is -2.28. The molecule has 6 rings (SSSR count). The van der Waals surface area contributed by atoms with Crippen molar-refractivity contribution in [3.63, 3.8) is 0 Å². The van der Waals surface area contributed by atoms with Crippen LogP contribution in [0, 0.1) is 0 Å². The van der Waals surface area contributed by atoms with E-state index in [1.807, 2.05) is 55.3 Å². The lowest BCUT2D eigenvalue weighted by molar-refractivity contribution is -0.132. The molecule has 1 atom stereocenters. The van der Waals surface area contributed by atoms with E-state index in [0.29, 0.717) is 30.0 Å². The van der Waals surface area contributed by atoms with Crippen molar-refractivity contribution >= 4 is 34.4 Å². The lowest BCUT2D eigenvalue weighted by Crippen LogP contribution is -2.34. The maximum atomic E-state index is 12.8. The maximum absolute atomic E-state index is 12.8. The number of rotatable bonds is 4. The van der Waals surface area contributed by atoms with Crippen molar-refractivity contribution in [1.82, 2.24) is 29.7 Å². The molecule has 0 bridgehead atoms. The number of piperidine rings is 1. The van der Waals surface area contributed by atoms with Gasteiger partial charge >= 0.3 is 0 Å². The minimum atomic E-state index is -0.133. The van der Waals surface area contributed by atoms with Gasteiger partial charge in [0.05, 0.1) is 23.1 Å². The van der Waals surface area contributed by atoms with Gasteiger partial charge in [-0.05, 0) is 36.1 Å². The summed E-state index contributed by atoms with van der Waals surface area (Å²) >= 11 is 0. The number of carbonyl (C=O) groups is 2. The van der Waals surface area contributed by atoms with Gasteiger partial charge in [0.1, 0.15) is 11.5 Å². The number of fused-ring (bicyclic) bond motifs is 2. The molecule has 0 aliphatic carbocycles. The van der Waals surface area contributed by atoms with Crippen LogP contribution in [0.5, 0.6) is 0 Å². The topological polar surface area (TPSA) is 105 Å². The Hall–Kier alpha value is -4.27. The molecule has 4 aromatic heterocycles. The van der Waals surface area contributed by atoms with Crippen LogP contribution in [0.15, 0.2) is 49.1 Å². The van der Waals surface area contributed by atoms with Crippen LogP contribution in [0.4, 0.5) is 11.5 Å². The van der Waals surface area contributed by atoms with Crippen LogP contribution in [0.1, 0.15) is 40.2 Å². The normalized spacial score (nSPS) is 17.5. The van der Waals surface area contributed by atoms with E-state index in [2.05, 4.69) is 20.6 Å². The fourth-order valence-corrected chi connectivity index (χ4v) is 5.03. The third kappa shape index (κ3) is 3.60. The van der Waals surface area contributed by atoms with Crippen molar-refractivity contribution in [2.24, 2.45) is 7.05 Å². The number of nitrogens with zero attached hydrogens (tertiary/aromatic N) is 5. The van der Waals surface area contributed by atoms with Crippen molar-refractivity contribution in [2.75, 3.05) is 18.9 Å². The zero-order valence-electron chi connectivity index (χ0n) is 19.6. The molecular weight excluding hydrogens is 442 g/mol. The van der Waals surface area contributed by atoms with Gasteiger partial charge in [-0.2, -0.15) is 0 Å². The highest BCUT2D eigenvalue weighted by Crippen LogP contribution is 2.36. The van der Waals surface area contributed by atoms with E-state index in [9.17, 15) is 9.59 Å². The van der Waals surface area contributed by atoms with Crippen LogP contribution < -0.4 is 10.6 Å². The Morgan fingerprint density at radius 1 is 1.06 bits per heavy atom. The first-order valence-corrected chi connectivity index (χ1v) is 11.7. The summed E-state index contributed by atoms with van der Waals surface area (Å²) in [5, 5.41) is 7.21. The second kappa shape index (κ2) is 8.19. The summed E-state index contributed by atoms with van der Waals surface area (Å²) in [7, 11) is 3.80. The number of carbonyl (C=O) groups excluding carboxylic acids is 2. The number of anilines is 2. The van der Waals surface area contributed by atoms with Crippen molar-refractivity contribution in [1.29, 1.82) is 0 Å². The third-order valence-corrected chi connectivity index (χ3v) is 7.04. The van der Waals surface area contributed by atoms with Crippen molar-refractivity contribution in [3.05, 3.63) is 65.7 Å². The average molecular weight is 468 g/mol. The Labute approximate surface area is 202 Å². The number of pyridine rings is 3. The van der Waals surface area contributed by atoms with Gasteiger partial charge in [-0.25, -0.2) is 9.97 Å². The minimum absolute atomic E-state index is 0.133. The molecule has 1 fully saturated rings. The van der Waals surface area contributed by atoms with Gasteiger partial charge in [-0.3, -0.25) is 14.6 Å². The summed E-state index contributed by atoms with van der Waals surface area (Å²) in [6, 6.07) is 7.85. The van der Waals surface area contributed by atoms with E-state index in [0.717, 1.165) is 46.4 Å². The molecule has 4 aromatic rings. The summed E-state index contributed by atoms with van der Waals surface area (Å²) in [4.78, 5) is 40.4. The Morgan fingerprint density at radius 3 is 2.74 bits per heavy atom. The zero-order chi connectivity index (χ0) is 24.1. The predicted octanol–water partition coefficient (Wildman–Crippen LogP) is 3.35. The number of aromatic nitrogens is 4. The molecule has 0 radical (unpaired) electrons. The van der Waals surface area contributed by atoms with Crippen LogP contribution in [-0.2, 0) is 18.4 Å². The first-order valence-electron chi connectivity index (χ1n) is 11.7. The van der Waals surface area contributed by atoms with Gasteiger partial charge < -0.3 is 20.1 Å². The van der Waals surface area contributed by atoms with Gasteiger partial charge in [0.25, 0.3) is 5.91 Å². The third-order valence-electron chi connectivity index (χ3n) is 7.04. The Bertz CT molecular complexity index is 1480. The number of hydrogen-bond acceptors (Lipinski definition) is 6. The van der Waals surface area contributed by atoms with Gasteiger partial charge in [-0.1, -0.05) is 6.07 Å². The van der Waals surface area contributed by atoms with E-state index >= 15 is 0 Å². The monoisotopic (exact) mass is 467 g/mol. The van der Waals surface area contributed by atoms with Crippen molar-refractivity contribution in [2.45, 2.75) is 25.3 Å². The maximum Gasteiger partial charge on any atom is 0.254 e. The fraction of sp³-hybridized carbons (Fsp3) is 0.269. The molecule has 9 heteroatoms. The molecule has 2 aliphatic rings. The molecule has 2 N–H and O–H groups in total. The molecule has 35 heavy (non-hydrogen) atoms. The second-order valence-corrected chi connectivity index (χ2v) is 9.19. The van der Waals surface area contributed by atoms with Crippen LogP contribution in [0.3, 0.4) is 0 Å². The van der Waals surface area contributed by atoms with Crippen molar-refractivity contribution < 1.29 is 9.59 Å². The summed E-state index contributed by atoms with van der Waals surface area (Å²) in [6.07, 6.45) is 8.69. The largest absolute Gasteiger partial charge is 0.348 e. The van der Waals surface area contributed by atoms with Crippen LogP contribution >= 0.6 is 0 Å². The number of amides is 2. The Morgan fingerprint density at radius 2 is 1.94 bits per heavy atom. The standard InChI is InChI=1S/C26H25N7O2/c1-32-9-6-15(11-22(32)34)16-3-4-21(28-12-16)31-20-14-29-24(19-13-30-26(35)23(19)20)17-5-8-27-25-18(17)7-10-33(25)2/h3-5,7-8,10,12,14-15H,6,9,11,13H2,1-2H3,(H,28,31)(H,30,35)/t15-/m0/s1. The molecule has 0 unspecified atom stereocenters. The Balaban J connectivity index is 1.31. The fourth-order valence-electron chi connectivity index (χ4n) is 5.03. The van der Waals surface area contributed by atoms with E-state index in [-0.39, 0.29) is 17.7 Å². The molecule has 2 aliphatic heterocycles. The summed E-state index contributed by atoms with van der Waals surface area (Å²) in [5.41, 5.74) is 5.71.